The van der Waals surface area contributed by atoms with Crippen LogP contribution in [-0.2, 0) is 6.42 Å². The molecule has 100 valence electrons. The average molecular weight is 258 g/mol. The topological polar surface area (TPSA) is 65.4 Å². The summed E-state index contributed by atoms with van der Waals surface area (Å²) in [4.78, 5) is 4.06. The molecule has 1 heterocycles. The lowest BCUT2D eigenvalue weighted by molar-refractivity contribution is 0.419. The number of pyridine rings is 1. The fourth-order valence-corrected chi connectivity index (χ4v) is 2.07. The number of aromatic nitrogens is 1. The van der Waals surface area contributed by atoms with Crippen molar-refractivity contribution in [1.29, 1.82) is 0 Å². The molecule has 1 atom stereocenters. The average Bonchev–Trinajstić information content (AvgIpc) is 2.40. The number of phenols is 2. The number of benzene rings is 1. The molecule has 0 amide bonds. The number of nitrogens with zero attached hydrogens (tertiary/aromatic N) is 1. The number of rotatable bonds is 5. The highest BCUT2D eigenvalue weighted by molar-refractivity contribution is 5.44. The fourth-order valence-electron chi connectivity index (χ4n) is 2.07. The Labute approximate surface area is 112 Å². The van der Waals surface area contributed by atoms with E-state index in [1.807, 2.05) is 25.3 Å². The molecule has 1 aromatic carbocycles. The van der Waals surface area contributed by atoms with E-state index < -0.39 is 0 Å². The van der Waals surface area contributed by atoms with Gasteiger partial charge in [-0.1, -0.05) is 12.1 Å². The van der Waals surface area contributed by atoms with Crippen molar-refractivity contribution in [2.75, 3.05) is 6.54 Å². The predicted octanol–water partition coefficient (Wildman–Crippen LogP) is 2.39. The van der Waals surface area contributed by atoms with Gasteiger partial charge in [0.2, 0.25) is 0 Å². The van der Waals surface area contributed by atoms with Gasteiger partial charge < -0.3 is 15.5 Å². The van der Waals surface area contributed by atoms with Gasteiger partial charge in [0.25, 0.3) is 0 Å². The van der Waals surface area contributed by atoms with Crippen LogP contribution in [0.4, 0.5) is 0 Å². The third-order valence-electron chi connectivity index (χ3n) is 3.08. The summed E-state index contributed by atoms with van der Waals surface area (Å²) in [7, 11) is 0. The number of phenolic OH excluding ortho intramolecular Hbond substituents is 2. The van der Waals surface area contributed by atoms with Crippen molar-refractivity contribution in [1.82, 2.24) is 10.3 Å². The zero-order valence-corrected chi connectivity index (χ0v) is 10.9. The molecule has 0 radical (unpaired) electrons. The van der Waals surface area contributed by atoms with Crippen LogP contribution in [0.15, 0.2) is 42.7 Å². The van der Waals surface area contributed by atoms with E-state index in [1.54, 1.807) is 24.4 Å². The Bertz CT molecular complexity index is 509. The second-order valence-electron chi connectivity index (χ2n) is 4.50. The van der Waals surface area contributed by atoms with Crippen LogP contribution < -0.4 is 5.32 Å². The van der Waals surface area contributed by atoms with E-state index in [0.29, 0.717) is 5.56 Å². The Hall–Kier alpha value is -2.07. The molecule has 2 rings (SSSR count). The second kappa shape index (κ2) is 6.20. The third kappa shape index (κ3) is 3.45. The minimum absolute atomic E-state index is 0.112. The molecular formula is C15H18N2O2. The highest BCUT2D eigenvalue weighted by Gasteiger charge is 2.13. The molecule has 1 aromatic heterocycles. The van der Waals surface area contributed by atoms with Gasteiger partial charge in [-0.2, -0.15) is 0 Å². The van der Waals surface area contributed by atoms with E-state index in [2.05, 4.69) is 10.3 Å². The van der Waals surface area contributed by atoms with Gasteiger partial charge in [0, 0.05) is 18.4 Å². The summed E-state index contributed by atoms with van der Waals surface area (Å²) >= 11 is 0. The normalized spacial score (nSPS) is 12.3. The van der Waals surface area contributed by atoms with Crippen molar-refractivity contribution >= 4 is 0 Å². The molecule has 4 heteroatoms. The van der Waals surface area contributed by atoms with Crippen molar-refractivity contribution in [2.24, 2.45) is 0 Å². The number of hydrogen-bond acceptors (Lipinski definition) is 4. The lowest BCUT2D eigenvalue weighted by Crippen LogP contribution is -2.21. The summed E-state index contributed by atoms with van der Waals surface area (Å²) in [5, 5.41) is 22.8. The van der Waals surface area contributed by atoms with Gasteiger partial charge >= 0.3 is 0 Å². The summed E-state index contributed by atoms with van der Waals surface area (Å²) in [5.74, 6) is 0.225. The quantitative estimate of drug-likeness (QED) is 0.770. The second-order valence-corrected chi connectivity index (χ2v) is 4.50. The van der Waals surface area contributed by atoms with Crippen molar-refractivity contribution < 1.29 is 10.2 Å². The predicted molar refractivity (Wildman–Crippen MR) is 74.1 cm³/mol. The smallest absolute Gasteiger partial charge is 0.124 e. The van der Waals surface area contributed by atoms with E-state index in [-0.39, 0.29) is 17.5 Å². The Morgan fingerprint density at radius 1 is 1.16 bits per heavy atom. The first-order valence-corrected chi connectivity index (χ1v) is 6.31. The molecule has 19 heavy (non-hydrogen) atoms. The monoisotopic (exact) mass is 258 g/mol. The van der Waals surface area contributed by atoms with Crippen LogP contribution >= 0.6 is 0 Å². The first kappa shape index (κ1) is 13.4. The highest BCUT2D eigenvalue weighted by Crippen LogP contribution is 2.31. The first-order valence-electron chi connectivity index (χ1n) is 6.31. The van der Waals surface area contributed by atoms with Gasteiger partial charge in [-0.15, -0.1) is 0 Å². The molecule has 0 aliphatic rings. The van der Waals surface area contributed by atoms with Crippen LogP contribution in [0.25, 0.3) is 0 Å². The lowest BCUT2D eigenvalue weighted by atomic mass is 10.1. The van der Waals surface area contributed by atoms with Crippen LogP contribution in [0.3, 0.4) is 0 Å². The molecule has 4 nitrogen and oxygen atoms in total. The van der Waals surface area contributed by atoms with Crippen LogP contribution in [0.1, 0.15) is 24.1 Å². The Balaban J connectivity index is 1.93. The standard InChI is InChI=1S/C15H18N2O2/c1-11(15-13(18)5-2-6-14(15)19)17-9-7-12-4-3-8-16-10-12/h2-6,8,10-11,17-19H,7,9H2,1H3. The highest BCUT2D eigenvalue weighted by atomic mass is 16.3. The van der Waals surface area contributed by atoms with Crippen LogP contribution in [0.5, 0.6) is 11.5 Å². The minimum atomic E-state index is -0.113. The van der Waals surface area contributed by atoms with Crippen LogP contribution in [0, 0.1) is 0 Å². The van der Waals surface area contributed by atoms with Gasteiger partial charge in [0.15, 0.2) is 0 Å². The molecule has 2 aromatic rings. The van der Waals surface area contributed by atoms with E-state index in [0.717, 1.165) is 18.5 Å². The maximum Gasteiger partial charge on any atom is 0.124 e. The van der Waals surface area contributed by atoms with Crippen LogP contribution in [0.2, 0.25) is 0 Å². The summed E-state index contributed by atoms with van der Waals surface area (Å²) in [5.41, 5.74) is 1.69. The minimum Gasteiger partial charge on any atom is -0.507 e. The van der Waals surface area contributed by atoms with E-state index in [4.69, 9.17) is 0 Å². The number of hydrogen-bond donors (Lipinski definition) is 3. The van der Waals surface area contributed by atoms with Gasteiger partial charge in [-0.25, -0.2) is 0 Å². The van der Waals surface area contributed by atoms with Crippen molar-refractivity contribution in [3.05, 3.63) is 53.9 Å². The van der Waals surface area contributed by atoms with E-state index in [9.17, 15) is 10.2 Å². The third-order valence-corrected chi connectivity index (χ3v) is 3.08. The Morgan fingerprint density at radius 2 is 1.89 bits per heavy atom. The molecule has 1 unspecified atom stereocenters. The SMILES string of the molecule is CC(NCCc1cccnc1)c1c(O)cccc1O. The number of nitrogens with one attached hydrogen (secondary N) is 1. The zero-order valence-electron chi connectivity index (χ0n) is 10.9. The van der Waals surface area contributed by atoms with E-state index >= 15 is 0 Å². The van der Waals surface area contributed by atoms with Crippen molar-refractivity contribution in [2.45, 2.75) is 19.4 Å². The fraction of sp³-hybridized carbons (Fsp3) is 0.267. The molecule has 3 N–H and O–H groups in total. The van der Waals surface area contributed by atoms with Gasteiger partial charge in [0.1, 0.15) is 11.5 Å². The Morgan fingerprint density at radius 3 is 2.53 bits per heavy atom. The number of aromatic hydroxyl groups is 2. The molecule has 0 aliphatic carbocycles. The zero-order chi connectivity index (χ0) is 13.7. The van der Waals surface area contributed by atoms with E-state index in [1.165, 1.54) is 0 Å². The van der Waals surface area contributed by atoms with Crippen molar-refractivity contribution in [3.63, 3.8) is 0 Å². The summed E-state index contributed by atoms with van der Waals surface area (Å²) < 4.78 is 0. The largest absolute Gasteiger partial charge is 0.507 e. The van der Waals surface area contributed by atoms with Crippen LogP contribution in [-0.4, -0.2) is 21.7 Å². The maximum absolute atomic E-state index is 9.77. The summed E-state index contributed by atoms with van der Waals surface area (Å²) in [6, 6.07) is 8.60. The summed E-state index contributed by atoms with van der Waals surface area (Å²) in [6.45, 7) is 2.67. The molecule has 0 spiro atoms. The van der Waals surface area contributed by atoms with Gasteiger partial charge in [-0.05, 0) is 43.7 Å². The van der Waals surface area contributed by atoms with Gasteiger partial charge in [0.05, 0.1) is 5.56 Å². The summed E-state index contributed by atoms with van der Waals surface area (Å²) in [6.07, 6.45) is 4.44. The van der Waals surface area contributed by atoms with Gasteiger partial charge in [-0.3, -0.25) is 4.98 Å². The molecule has 0 aliphatic heterocycles. The molecule has 0 bridgehead atoms. The Kier molecular flexibility index (Phi) is 4.36. The first-order chi connectivity index (χ1) is 9.18. The molecular weight excluding hydrogens is 240 g/mol. The molecule has 0 fully saturated rings. The molecule has 0 saturated carbocycles. The van der Waals surface area contributed by atoms with Crippen molar-refractivity contribution in [3.8, 4) is 11.5 Å². The lowest BCUT2D eigenvalue weighted by Gasteiger charge is -2.16. The maximum atomic E-state index is 9.77. The molecule has 0 saturated heterocycles.